The summed E-state index contributed by atoms with van der Waals surface area (Å²) in [5.41, 5.74) is 8.50. The first kappa shape index (κ1) is 13.1. The Morgan fingerprint density at radius 2 is 1.94 bits per heavy atom. The van der Waals surface area contributed by atoms with Crippen LogP contribution in [0.1, 0.15) is 32.8 Å². The van der Waals surface area contributed by atoms with Crippen LogP contribution >= 0.6 is 0 Å². The molecular weight excluding hydrogens is 224 g/mol. The number of carbonyl (C=O) groups is 1. The van der Waals surface area contributed by atoms with Crippen LogP contribution in [-0.4, -0.2) is 18.5 Å². The van der Waals surface area contributed by atoms with Crippen molar-refractivity contribution in [3.8, 4) is 0 Å². The summed E-state index contributed by atoms with van der Waals surface area (Å²) in [5, 5.41) is 0. The van der Waals surface area contributed by atoms with Crippen molar-refractivity contribution >= 4 is 11.6 Å². The molecule has 3 nitrogen and oxygen atoms in total. The van der Waals surface area contributed by atoms with Crippen molar-refractivity contribution in [2.75, 3.05) is 11.4 Å². The average Bonchev–Trinajstić information content (AvgIpc) is 2.31. The lowest BCUT2D eigenvalue weighted by atomic mass is 9.86. The van der Waals surface area contributed by atoms with Crippen molar-refractivity contribution in [3.05, 3.63) is 29.8 Å². The van der Waals surface area contributed by atoms with Crippen molar-refractivity contribution in [3.63, 3.8) is 0 Å². The Balaban J connectivity index is 2.25. The summed E-state index contributed by atoms with van der Waals surface area (Å²) >= 11 is 0. The van der Waals surface area contributed by atoms with Gasteiger partial charge in [-0.05, 0) is 23.5 Å². The molecule has 1 aliphatic rings. The molecule has 1 aromatic carbocycles. The Morgan fingerprint density at radius 3 is 2.61 bits per heavy atom. The van der Waals surface area contributed by atoms with Crippen LogP contribution in [-0.2, 0) is 11.2 Å². The maximum absolute atomic E-state index is 12.1. The number of fused-ring (bicyclic) bond motifs is 1. The second-order valence-corrected chi connectivity index (χ2v) is 6.11. The third-order valence-corrected chi connectivity index (χ3v) is 3.68. The number of anilines is 1. The van der Waals surface area contributed by atoms with Gasteiger partial charge in [0.15, 0.2) is 0 Å². The molecule has 1 amide bonds. The minimum absolute atomic E-state index is 0.00662. The molecule has 2 rings (SSSR count). The lowest BCUT2D eigenvalue weighted by Gasteiger charge is -2.35. The number of para-hydroxylation sites is 1. The van der Waals surface area contributed by atoms with E-state index in [0.717, 1.165) is 12.1 Å². The standard InChI is InChI=1S/C15H22N2O/c1-15(2,3)13(16)10-17-12-7-5-4-6-11(12)8-9-14(17)18/h4-7,13H,8-10,16H2,1-3H3. The predicted molar refractivity (Wildman–Crippen MR) is 74.5 cm³/mol. The molecule has 1 atom stereocenters. The van der Waals surface area contributed by atoms with Crippen molar-refractivity contribution in [1.82, 2.24) is 0 Å². The molecule has 0 bridgehead atoms. The lowest BCUT2D eigenvalue weighted by molar-refractivity contribution is -0.119. The Bertz CT molecular complexity index is 448. The number of carbonyl (C=O) groups excluding carboxylic acids is 1. The van der Waals surface area contributed by atoms with Crippen molar-refractivity contribution < 1.29 is 4.79 Å². The first-order valence-electron chi connectivity index (χ1n) is 6.53. The van der Waals surface area contributed by atoms with Gasteiger partial charge in [0.1, 0.15) is 0 Å². The highest BCUT2D eigenvalue weighted by Gasteiger charge is 2.29. The highest BCUT2D eigenvalue weighted by Crippen LogP contribution is 2.29. The van der Waals surface area contributed by atoms with E-state index < -0.39 is 0 Å². The number of amides is 1. The number of hydrogen-bond acceptors (Lipinski definition) is 2. The summed E-state index contributed by atoms with van der Waals surface area (Å²) in [7, 11) is 0. The molecule has 18 heavy (non-hydrogen) atoms. The molecule has 1 unspecified atom stereocenters. The Labute approximate surface area is 109 Å². The van der Waals surface area contributed by atoms with E-state index in [1.807, 2.05) is 23.1 Å². The molecule has 1 aliphatic heterocycles. The number of benzene rings is 1. The fraction of sp³-hybridized carbons (Fsp3) is 0.533. The Morgan fingerprint density at radius 1 is 1.28 bits per heavy atom. The summed E-state index contributed by atoms with van der Waals surface area (Å²) in [4.78, 5) is 13.9. The third kappa shape index (κ3) is 2.56. The van der Waals surface area contributed by atoms with Crippen LogP contribution < -0.4 is 10.6 Å². The molecule has 0 radical (unpaired) electrons. The van der Waals surface area contributed by atoms with Gasteiger partial charge in [0, 0.05) is 24.7 Å². The van der Waals surface area contributed by atoms with Gasteiger partial charge in [0.25, 0.3) is 0 Å². The first-order chi connectivity index (χ1) is 8.39. The molecule has 1 heterocycles. The SMILES string of the molecule is CC(C)(C)C(N)CN1C(=O)CCc2ccccc21. The van der Waals surface area contributed by atoms with E-state index in [1.165, 1.54) is 5.56 Å². The second-order valence-electron chi connectivity index (χ2n) is 6.11. The van der Waals surface area contributed by atoms with Crippen molar-refractivity contribution in [1.29, 1.82) is 0 Å². The highest BCUT2D eigenvalue weighted by atomic mass is 16.2. The van der Waals surface area contributed by atoms with E-state index in [9.17, 15) is 4.79 Å². The molecular formula is C15H22N2O. The van der Waals surface area contributed by atoms with Gasteiger partial charge in [-0.3, -0.25) is 4.79 Å². The van der Waals surface area contributed by atoms with E-state index in [0.29, 0.717) is 13.0 Å². The molecule has 2 N–H and O–H groups in total. The van der Waals surface area contributed by atoms with Crippen LogP contribution in [0.3, 0.4) is 0 Å². The predicted octanol–water partition coefficient (Wildman–Crippen LogP) is 2.34. The van der Waals surface area contributed by atoms with Crippen LogP contribution in [0.4, 0.5) is 5.69 Å². The molecule has 0 spiro atoms. The molecule has 0 fully saturated rings. The van der Waals surface area contributed by atoms with Crippen LogP contribution in [0.5, 0.6) is 0 Å². The number of nitrogens with zero attached hydrogens (tertiary/aromatic N) is 1. The van der Waals surface area contributed by atoms with E-state index in [1.54, 1.807) is 0 Å². The molecule has 0 aliphatic carbocycles. The minimum Gasteiger partial charge on any atom is -0.326 e. The second kappa shape index (κ2) is 4.73. The number of aryl methyl sites for hydroxylation is 1. The van der Waals surface area contributed by atoms with Crippen LogP contribution in [0.2, 0.25) is 0 Å². The number of rotatable bonds is 2. The van der Waals surface area contributed by atoms with E-state index in [2.05, 4.69) is 26.8 Å². The molecule has 1 aromatic rings. The molecule has 0 aromatic heterocycles. The monoisotopic (exact) mass is 246 g/mol. The fourth-order valence-electron chi connectivity index (χ4n) is 2.17. The number of nitrogens with two attached hydrogens (primary N) is 1. The normalized spacial score (nSPS) is 17.6. The summed E-state index contributed by atoms with van der Waals surface area (Å²) in [6.45, 7) is 6.92. The Kier molecular flexibility index (Phi) is 3.44. The summed E-state index contributed by atoms with van der Waals surface area (Å²) in [6, 6.07) is 8.09. The van der Waals surface area contributed by atoms with Gasteiger partial charge in [-0.15, -0.1) is 0 Å². The zero-order chi connectivity index (χ0) is 13.3. The zero-order valence-electron chi connectivity index (χ0n) is 11.4. The van der Waals surface area contributed by atoms with Gasteiger partial charge in [0.05, 0.1) is 0 Å². The van der Waals surface area contributed by atoms with Crippen LogP contribution in [0, 0.1) is 5.41 Å². The molecule has 98 valence electrons. The maximum Gasteiger partial charge on any atom is 0.227 e. The topological polar surface area (TPSA) is 46.3 Å². The van der Waals surface area contributed by atoms with Crippen LogP contribution in [0.25, 0.3) is 0 Å². The minimum atomic E-state index is -0.0207. The summed E-state index contributed by atoms with van der Waals surface area (Å²) in [5.74, 6) is 0.188. The average molecular weight is 246 g/mol. The first-order valence-corrected chi connectivity index (χ1v) is 6.53. The smallest absolute Gasteiger partial charge is 0.227 e. The van der Waals surface area contributed by atoms with Gasteiger partial charge < -0.3 is 10.6 Å². The zero-order valence-corrected chi connectivity index (χ0v) is 11.4. The van der Waals surface area contributed by atoms with Crippen molar-refractivity contribution in [2.45, 2.75) is 39.7 Å². The molecule has 0 saturated carbocycles. The molecule has 0 saturated heterocycles. The van der Waals surface area contributed by atoms with E-state index >= 15 is 0 Å². The quantitative estimate of drug-likeness (QED) is 0.870. The van der Waals surface area contributed by atoms with Crippen molar-refractivity contribution in [2.24, 2.45) is 11.1 Å². The largest absolute Gasteiger partial charge is 0.326 e. The Hall–Kier alpha value is -1.35. The summed E-state index contributed by atoms with van der Waals surface area (Å²) < 4.78 is 0. The number of hydrogen-bond donors (Lipinski definition) is 1. The lowest BCUT2D eigenvalue weighted by Crippen LogP contribution is -2.48. The van der Waals surface area contributed by atoms with Crippen LogP contribution in [0.15, 0.2) is 24.3 Å². The van der Waals surface area contributed by atoms with E-state index in [4.69, 9.17) is 5.73 Å². The van der Waals surface area contributed by atoms with Gasteiger partial charge in [-0.1, -0.05) is 39.0 Å². The maximum atomic E-state index is 12.1. The third-order valence-electron chi connectivity index (χ3n) is 3.68. The van der Waals surface area contributed by atoms with Gasteiger partial charge >= 0.3 is 0 Å². The van der Waals surface area contributed by atoms with E-state index in [-0.39, 0.29) is 17.4 Å². The van der Waals surface area contributed by atoms with Gasteiger partial charge in [-0.2, -0.15) is 0 Å². The fourth-order valence-corrected chi connectivity index (χ4v) is 2.17. The van der Waals surface area contributed by atoms with Gasteiger partial charge in [-0.25, -0.2) is 0 Å². The highest BCUT2D eigenvalue weighted by molar-refractivity contribution is 5.96. The molecule has 3 heteroatoms. The summed E-state index contributed by atoms with van der Waals surface area (Å²) in [6.07, 6.45) is 1.43. The van der Waals surface area contributed by atoms with Gasteiger partial charge in [0.2, 0.25) is 5.91 Å².